The van der Waals surface area contributed by atoms with Crippen LogP contribution in [0, 0.1) is 5.82 Å². The summed E-state index contributed by atoms with van der Waals surface area (Å²) in [5, 5.41) is 14.6. The van der Waals surface area contributed by atoms with Gasteiger partial charge in [-0.25, -0.2) is 9.07 Å². The second kappa shape index (κ2) is 6.78. The van der Waals surface area contributed by atoms with E-state index in [0.717, 1.165) is 24.5 Å². The summed E-state index contributed by atoms with van der Waals surface area (Å²) in [4.78, 5) is 2.81. The molecule has 0 spiro atoms. The summed E-state index contributed by atoms with van der Waals surface area (Å²) in [5.41, 5.74) is 0.992. The molecular weight excluding hydrogens is 325 g/mol. The number of hydrogen-bond acceptors (Lipinski definition) is 4. The van der Waals surface area contributed by atoms with E-state index in [0.29, 0.717) is 6.54 Å². The Bertz CT molecular complexity index is 778. The number of nitrogens with one attached hydrogen (secondary N) is 1. The zero-order valence-electron chi connectivity index (χ0n) is 13.2. The average Bonchev–Trinajstić information content (AvgIpc) is 3.34. The van der Waals surface area contributed by atoms with Crippen LogP contribution in [-0.4, -0.2) is 33.3 Å². The first kappa shape index (κ1) is 15.4. The zero-order valence-corrected chi connectivity index (χ0v) is 14.0. The van der Waals surface area contributed by atoms with Crippen LogP contribution in [-0.2, 0) is 6.54 Å². The molecule has 1 fully saturated rings. The van der Waals surface area contributed by atoms with Gasteiger partial charge in [0.15, 0.2) is 6.04 Å². The molecule has 1 aromatic carbocycles. The molecule has 0 bridgehead atoms. The van der Waals surface area contributed by atoms with Gasteiger partial charge in [0.1, 0.15) is 5.82 Å². The summed E-state index contributed by atoms with van der Waals surface area (Å²) in [7, 11) is 0. The minimum absolute atomic E-state index is 0.169. The quantitative estimate of drug-likeness (QED) is 0.766. The average molecular weight is 344 g/mol. The van der Waals surface area contributed by atoms with Crippen molar-refractivity contribution >= 4 is 11.3 Å². The van der Waals surface area contributed by atoms with Gasteiger partial charge in [0.2, 0.25) is 5.82 Å². The van der Waals surface area contributed by atoms with Crippen LogP contribution in [0.1, 0.15) is 35.1 Å². The third kappa shape index (κ3) is 3.09. The van der Waals surface area contributed by atoms with E-state index in [1.165, 1.54) is 34.8 Å². The third-order valence-corrected chi connectivity index (χ3v) is 5.48. The molecule has 7 heteroatoms. The molecule has 5 nitrogen and oxygen atoms in total. The Morgan fingerprint density at radius 1 is 1.17 bits per heavy atom. The molecule has 0 unspecified atom stereocenters. The molecule has 4 rings (SSSR count). The van der Waals surface area contributed by atoms with E-state index in [4.69, 9.17) is 0 Å². The molecule has 0 amide bonds. The summed E-state index contributed by atoms with van der Waals surface area (Å²) in [6.07, 6.45) is 2.49. The highest BCUT2D eigenvalue weighted by Gasteiger charge is 2.34. The normalized spacial score (nSPS) is 16.5. The van der Waals surface area contributed by atoms with Crippen LogP contribution in [0.25, 0.3) is 0 Å². The second-order valence-electron chi connectivity index (χ2n) is 6.13. The Labute approximate surface area is 143 Å². The van der Waals surface area contributed by atoms with Crippen LogP contribution in [0.2, 0.25) is 0 Å². The minimum Gasteiger partial charge on any atom is -0.322 e. The fourth-order valence-corrected chi connectivity index (χ4v) is 4.26. The zero-order chi connectivity index (χ0) is 16.4. The SMILES string of the molecule is Fc1ccc(Cn2nnnc2[C@@H](c2cccs2)[NH+]2CCCC2)cc1. The van der Waals surface area contributed by atoms with Crippen molar-refractivity contribution in [2.75, 3.05) is 13.1 Å². The van der Waals surface area contributed by atoms with Crippen molar-refractivity contribution in [1.82, 2.24) is 20.2 Å². The van der Waals surface area contributed by atoms with E-state index in [1.54, 1.807) is 23.5 Å². The maximum atomic E-state index is 13.1. The number of benzene rings is 1. The van der Waals surface area contributed by atoms with Crippen LogP contribution < -0.4 is 4.90 Å². The maximum Gasteiger partial charge on any atom is 0.215 e. The fourth-order valence-electron chi connectivity index (χ4n) is 3.38. The van der Waals surface area contributed by atoms with Crippen LogP contribution in [0.4, 0.5) is 4.39 Å². The van der Waals surface area contributed by atoms with Crippen LogP contribution in [0.15, 0.2) is 41.8 Å². The lowest BCUT2D eigenvalue weighted by atomic mass is 10.2. The monoisotopic (exact) mass is 344 g/mol. The molecule has 124 valence electrons. The minimum atomic E-state index is -0.228. The van der Waals surface area contributed by atoms with E-state index in [1.807, 2.05) is 4.68 Å². The number of tetrazole rings is 1. The molecule has 1 N–H and O–H groups in total. The Balaban J connectivity index is 1.66. The highest BCUT2D eigenvalue weighted by Crippen LogP contribution is 2.23. The molecule has 1 aliphatic rings. The Hall–Kier alpha value is -2.12. The van der Waals surface area contributed by atoms with Crippen molar-refractivity contribution in [1.29, 1.82) is 0 Å². The van der Waals surface area contributed by atoms with Gasteiger partial charge in [-0.1, -0.05) is 18.2 Å². The lowest BCUT2D eigenvalue weighted by Gasteiger charge is -2.22. The van der Waals surface area contributed by atoms with E-state index < -0.39 is 0 Å². The van der Waals surface area contributed by atoms with Gasteiger partial charge in [-0.3, -0.25) is 0 Å². The first-order valence-corrected chi connectivity index (χ1v) is 9.08. The van der Waals surface area contributed by atoms with Crippen molar-refractivity contribution in [3.8, 4) is 0 Å². The summed E-state index contributed by atoms with van der Waals surface area (Å²) in [6.45, 7) is 2.84. The van der Waals surface area contributed by atoms with Crippen molar-refractivity contribution in [2.45, 2.75) is 25.4 Å². The van der Waals surface area contributed by atoms with Crippen molar-refractivity contribution in [2.24, 2.45) is 0 Å². The maximum absolute atomic E-state index is 13.1. The third-order valence-electron chi connectivity index (χ3n) is 4.55. The summed E-state index contributed by atoms with van der Waals surface area (Å²) in [5.74, 6) is 0.660. The number of nitrogens with zero attached hydrogens (tertiary/aromatic N) is 4. The van der Waals surface area contributed by atoms with E-state index >= 15 is 0 Å². The van der Waals surface area contributed by atoms with Gasteiger partial charge < -0.3 is 4.90 Å². The van der Waals surface area contributed by atoms with Crippen molar-refractivity contribution in [3.63, 3.8) is 0 Å². The molecule has 1 saturated heterocycles. The predicted octanol–water partition coefficient (Wildman–Crippen LogP) is 1.69. The second-order valence-corrected chi connectivity index (χ2v) is 7.11. The van der Waals surface area contributed by atoms with E-state index in [9.17, 15) is 4.39 Å². The van der Waals surface area contributed by atoms with Gasteiger partial charge in [-0.05, 0) is 39.6 Å². The van der Waals surface area contributed by atoms with Gasteiger partial charge in [0.05, 0.1) is 24.5 Å². The van der Waals surface area contributed by atoms with Crippen molar-refractivity contribution < 1.29 is 9.29 Å². The topological polar surface area (TPSA) is 48.0 Å². The molecule has 0 saturated carbocycles. The van der Waals surface area contributed by atoms with E-state index in [-0.39, 0.29) is 11.9 Å². The molecule has 2 aromatic heterocycles. The summed E-state index contributed by atoms with van der Waals surface area (Å²) < 4.78 is 15.0. The van der Waals surface area contributed by atoms with Crippen LogP contribution in [0.3, 0.4) is 0 Å². The van der Waals surface area contributed by atoms with E-state index in [2.05, 4.69) is 33.0 Å². The largest absolute Gasteiger partial charge is 0.322 e. The number of hydrogen-bond donors (Lipinski definition) is 1. The molecule has 0 aliphatic carbocycles. The van der Waals surface area contributed by atoms with Gasteiger partial charge in [0, 0.05) is 12.8 Å². The Morgan fingerprint density at radius 2 is 1.96 bits per heavy atom. The number of halogens is 1. The molecular formula is C17H19FN5S+. The Morgan fingerprint density at radius 3 is 2.67 bits per heavy atom. The number of quaternary nitrogens is 1. The summed E-state index contributed by atoms with van der Waals surface area (Å²) in [6, 6.07) is 10.9. The number of likely N-dealkylation sites (tertiary alicyclic amines) is 1. The van der Waals surface area contributed by atoms with Crippen LogP contribution >= 0.6 is 11.3 Å². The first-order valence-electron chi connectivity index (χ1n) is 8.20. The predicted molar refractivity (Wildman–Crippen MR) is 89.4 cm³/mol. The van der Waals surface area contributed by atoms with Gasteiger partial charge in [-0.2, -0.15) is 0 Å². The molecule has 24 heavy (non-hydrogen) atoms. The molecule has 1 aliphatic heterocycles. The van der Waals surface area contributed by atoms with Gasteiger partial charge in [-0.15, -0.1) is 16.4 Å². The van der Waals surface area contributed by atoms with Gasteiger partial charge >= 0.3 is 0 Å². The first-order chi connectivity index (χ1) is 11.8. The molecule has 3 heterocycles. The summed E-state index contributed by atoms with van der Waals surface area (Å²) >= 11 is 1.75. The standard InChI is InChI=1S/C17H18FN5S/c18-14-7-5-13(6-8-14)12-23-17(19-20-21-23)16(15-4-3-11-24-15)22-9-1-2-10-22/h3-8,11,16H,1-2,9-10,12H2/p+1/t16-/m1/s1. The van der Waals surface area contributed by atoms with Crippen LogP contribution in [0.5, 0.6) is 0 Å². The fraction of sp³-hybridized carbons (Fsp3) is 0.353. The number of aromatic nitrogens is 4. The highest BCUT2D eigenvalue weighted by atomic mass is 32.1. The lowest BCUT2D eigenvalue weighted by Crippen LogP contribution is -3.10. The smallest absolute Gasteiger partial charge is 0.215 e. The molecule has 3 aromatic rings. The molecule has 0 radical (unpaired) electrons. The Kier molecular flexibility index (Phi) is 4.36. The lowest BCUT2D eigenvalue weighted by molar-refractivity contribution is -0.914. The number of rotatable bonds is 5. The molecule has 1 atom stereocenters. The number of thiophene rings is 1. The highest BCUT2D eigenvalue weighted by molar-refractivity contribution is 7.10. The van der Waals surface area contributed by atoms with Gasteiger partial charge in [0.25, 0.3) is 0 Å². The van der Waals surface area contributed by atoms with Crippen molar-refractivity contribution in [3.05, 3.63) is 63.9 Å².